The summed E-state index contributed by atoms with van der Waals surface area (Å²) in [4.78, 5) is 11.5. The normalized spacial score (nSPS) is 28.1. The number of halogens is 1. The fraction of sp³-hybridized carbons (Fsp3) is 0.889. The predicted octanol–water partition coefficient (Wildman–Crippen LogP) is 1.14. The molecule has 0 unspecified atom stereocenters. The summed E-state index contributed by atoms with van der Waals surface area (Å²) in [6, 6.07) is -0.350. The summed E-state index contributed by atoms with van der Waals surface area (Å²) >= 11 is 0. The molecular formula is C9H18ClNO2. The van der Waals surface area contributed by atoms with Gasteiger partial charge in [-0.1, -0.05) is 13.8 Å². The zero-order valence-electron chi connectivity index (χ0n) is 8.37. The standard InChI is InChI=1S/C9H17NO2.ClH/c1-6(2)4-7(10)8(11)9(3)5-12-9;/h6-7H,4-5,10H2,1-3H3;1H/t7-,9+;/m0./s1. The number of carbonyl (C=O) groups is 1. The molecule has 3 nitrogen and oxygen atoms in total. The number of hydrogen-bond donors (Lipinski definition) is 1. The summed E-state index contributed by atoms with van der Waals surface area (Å²) in [7, 11) is 0. The van der Waals surface area contributed by atoms with Crippen LogP contribution in [0.2, 0.25) is 0 Å². The van der Waals surface area contributed by atoms with Gasteiger partial charge in [0.05, 0.1) is 12.6 Å². The van der Waals surface area contributed by atoms with Crippen LogP contribution in [-0.2, 0) is 9.53 Å². The summed E-state index contributed by atoms with van der Waals surface area (Å²) in [5.74, 6) is 0.516. The van der Waals surface area contributed by atoms with Gasteiger partial charge in [-0.05, 0) is 19.3 Å². The third-order valence-electron chi connectivity index (χ3n) is 2.16. The lowest BCUT2D eigenvalue weighted by Crippen LogP contribution is -2.40. The zero-order valence-corrected chi connectivity index (χ0v) is 9.19. The van der Waals surface area contributed by atoms with Crippen LogP contribution >= 0.6 is 12.4 Å². The van der Waals surface area contributed by atoms with Crippen LogP contribution in [0.4, 0.5) is 0 Å². The van der Waals surface area contributed by atoms with E-state index >= 15 is 0 Å². The molecule has 0 spiro atoms. The van der Waals surface area contributed by atoms with Crippen molar-refractivity contribution in [2.45, 2.75) is 38.8 Å². The van der Waals surface area contributed by atoms with Crippen molar-refractivity contribution in [2.75, 3.05) is 6.61 Å². The molecule has 0 saturated carbocycles. The van der Waals surface area contributed by atoms with E-state index in [1.54, 1.807) is 6.92 Å². The molecule has 1 saturated heterocycles. The maximum Gasteiger partial charge on any atom is 0.183 e. The zero-order chi connectivity index (χ0) is 9.35. The van der Waals surface area contributed by atoms with Crippen LogP contribution in [-0.4, -0.2) is 24.0 Å². The third kappa shape index (κ3) is 3.25. The number of ether oxygens (including phenoxy) is 1. The minimum Gasteiger partial charge on any atom is -0.362 e. The highest BCUT2D eigenvalue weighted by Crippen LogP contribution is 2.28. The minimum absolute atomic E-state index is 0. The molecule has 78 valence electrons. The Bertz CT molecular complexity index is 190. The highest BCUT2D eigenvalue weighted by molar-refractivity contribution is 5.93. The monoisotopic (exact) mass is 207 g/mol. The van der Waals surface area contributed by atoms with Gasteiger partial charge in [0.1, 0.15) is 5.60 Å². The highest BCUT2D eigenvalue weighted by atomic mass is 35.5. The van der Waals surface area contributed by atoms with Crippen molar-refractivity contribution in [3.8, 4) is 0 Å². The van der Waals surface area contributed by atoms with E-state index in [9.17, 15) is 4.79 Å². The van der Waals surface area contributed by atoms with Gasteiger partial charge >= 0.3 is 0 Å². The molecule has 1 rings (SSSR count). The molecule has 0 aromatic heterocycles. The van der Waals surface area contributed by atoms with Crippen LogP contribution in [0, 0.1) is 5.92 Å². The Balaban J connectivity index is 0.00000144. The molecule has 13 heavy (non-hydrogen) atoms. The fourth-order valence-electron chi connectivity index (χ4n) is 1.26. The molecule has 2 N–H and O–H groups in total. The van der Waals surface area contributed by atoms with Gasteiger partial charge in [0, 0.05) is 0 Å². The Morgan fingerprint density at radius 1 is 1.62 bits per heavy atom. The summed E-state index contributed by atoms with van der Waals surface area (Å²) in [6.07, 6.45) is 0.748. The first-order chi connectivity index (χ1) is 5.46. The number of nitrogens with two attached hydrogens (primary N) is 1. The van der Waals surface area contributed by atoms with E-state index in [4.69, 9.17) is 10.5 Å². The van der Waals surface area contributed by atoms with E-state index in [-0.39, 0.29) is 24.2 Å². The highest BCUT2D eigenvalue weighted by Gasteiger charge is 2.48. The van der Waals surface area contributed by atoms with E-state index in [0.29, 0.717) is 12.5 Å². The van der Waals surface area contributed by atoms with Crippen LogP contribution in [0.15, 0.2) is 0 Å². The maximum atomic E-state index is 11.5. The Morgan fingerprint density at radius 2 is 2.08 bits per heavy atom. The molecule has 0 aromatic carbocycles. The van der Waals surface area contributed by atoms with Crippen LogP contribution in [0.5, 0.6) is 0 Å². The Morgan fingerprint density at radius 3 is 2.38 bits per heavy atom. The van der Waals surface area contributed by atoms with Gasteiger partial charge in [0.25, 0.3) is 0 Å². The Labute approximate surface area is 85.4 Å². The Kier molecular flexibility index (Phi) is 4.36. The molecular weight excluding hydrogens is 190 g/mol. The molecule has 0 radical (unpaired) electrons. The number of ketones is 1. The minimum atomic E-state index is -0.547. The van der Waals surface area contributed by atoms with Crippen molar-refractivity contribution in [3.05, 3.63) is 0 Å². The predicted molar refractivity (Wildman–Crippen MR) is 54.0 cm³/mol. The van der Waals surface area contributed by atoms with Gasteiger partial charge in [-0.2, -0.15) is 0 Å². The SMILES string of the molecule is CC(C)C[C@H](N)C(=O)[C@@]1(C)CO1.Cl. The van der Waals surface area contributed by atoms with Gasteiger partial charge in [0.2, 0.25) is 0 Å². The second-order valence-electron chi connectivity index (χ2n) is 4.12. The van der Waals surface area contributed by atoms with Gasteiger partial charge < -0.3 is 10.5 Å². The number of epoxide rings is 1. The number of Topliss-reactive ketones (excluding diaryl/α,β-unsaturated/α-hetero) is 1. The number of hydrogen-bond acceptors (Lipinski definition) is 3. The van der Waals surface area contributed by atoms with Crippen LogP contribution in [0.1, 0.15) is 27.2 Å². The summed E-state index contributed by atoms with van der Waals surface area (Å²) < 4.78 is 5.03. The van der Waals surface area contributed by atoms with E-state index in [2.05, 4.69) is 13.8 Å². The topological polar surface area (TPSA) is 55.6 Å². The fourth-order valence-corrected chi connectivity index (χ4v) is 1.26. The Hall–Kier alpha value is -0.120. The summed E-state index contributed by atoms with van der Waals surface area (Å²) in [5, 5.41) is 0. The third-order valence-corrected chi connectivity index (χ3v) is 2.16. The van der Waals surface area contributed by atoms with Crippen molar-refractivity contribution in [2.24, 2.45) is 11.7 Å². The van der Waals surface area contributed by atoms with Crippen LogP contribution in [0.3, 0.4) is 0 Å². The lowest BCUT2D eigenvalue weighted by molar-refractivity contribution is -0.125. The van der Waals surface area contributed by atoms with E-state index in [1.807, 2.05) is 0 Å². The van der Waals surface area contributed by atoms with Crippen molar-refractivity contribution >= 4 is 18.2 Å². The van der Waals surface area contributed by atoms with Crippen molar-refractivity contribution < 1.29 is 9.53 Å². The lowest BCUT2D eigenvalue weighted by atomic mass is 9.94. The molecule has 0 bridgehead atoms. The second-order valence-corrected chi connectivity index (χ2v) is 4.12. The maximum absolute atomic E-state index is 11.5. The molecule has 1 aliphatic rings. The number of carbonyl (C=O) groups excluding carboxylic acids is 1. The van der Waals surface area contributed by atoms with Crippen LogP contribution < -0.4 is 5.73 Å². The first-order valence-electron chi connectivity index (χ1n) is 4.39. The molecule has 1 heterocycles. The molecule has 4 heteroatoms. The average Bonchev–Trinajstić information content (AvgIpc) is 2.66. The molecule has 1 aliphatic heterocycles. The summed E-state index contributed by atoms with van der Waals surface area (Å²) in [5.41, 5.74) is 5.17. The van der Waals surface area contributed by atoms with E-state index < -0.39 is 5.60 Å². The largest absolute Gasteiger partial charge is 0.362 e. The van der Waals surface area contributed by atoms with Gasteiger partial charge in [-0.25, -0.2) is 0 Å². The first kappa shape index (κ1) is 12.9. The lowest BCUT2D eigenvalue weighted by Gasteiger charge is -2.14. The van der Waals surface area contributed by atoms with Crippen molar-refractivity contribution in [1.29, 1.82) is 0 Å². The average molecular weight is 208 g/mol. The molecule has 0 amide bonds. The van der Waals surface area contributed by atoms with Gasteiger partial charge in [0.15, 0.2) is 5.78 Å². The molecule has 2 atom stereocenters. The first-order valence-corrected chi connectivity index (χ1v) is 4.39. The smallest absolute Gasteiger partial charge is 0.183 e. The summed E-state index contributed by atoms with van der Waals surface area (Å²) in [6.45, 7) is 6.46. The van der Waals surface area contributed by atoms with Gasteiger partial charge in [-0.15, -0.1) is 12.4 Å². The van der Waals surface area contributed by atoms with E-state index in [0.717, 1.165) is 6.42 Å². The number of rotatable bonds is 4. The van der Waals surface area contributed by atoms with Crippen molar-refractivity contribution in [3.63, 3.8) is 0 Å². The second kappa shape index (κ2) is 4.40. The van der Waals surface area contributed by atoms with Gasteiger partial charge in [-0.3, -0.25) is 4.79 Å². The molecule has 1 fully saturated rings. The van der Waals surface area contributed by atoms with Crippen LogP contribution in [0.25, 0.3) is 0 Å². The van der Waals surface area contributed by atoms with E-state index in [1.165, 1.54) is 0 Å². The molecule has 0 aliphatic carbocycles. The molecule has 0 aromatic rings. The quantitative estimate of drug-likeness (QED) is 0.704. The van der Waals surface area contributed by atoms with Crippen molar-refractivity contribution in [1.82, 2.24) is 0 Å².